The van der Waals surface area contributed by atoms with Crippen LogP contribution in [0.5, 0.6) is 23.1 Å². The van der Waals surface area contributed by atoms with Crippen molar-refractivity contribution in [2.75, 3.05) is 19.0 Å². The van der Waals surface area contributed by atoms with Crippen molar-refractivity contribution in [2.45, 2.75) is 13.8 Å². The molecule has 2 aromatic carbocycles. The highest BCUT2D eigenvalue weighted by Gasteiger charge is 2.18. The second-order valence-electron chi connectivity index (χ2n) is 6.98. The summed E-state index contributed by atoms with van der Waals surface area (Å²) in [7, 11) is 1.60. The lowest BCUT2D eigenvalue weighted by molar-refractivity contribution is 0.102. The smallest absolute Gasteiger partial charge is 0.267 e. The normalized spacial score (nSPS) is 10.5. The van der Waals surface area contributed by atoms with Gasteiger partial charge in [-0.15, -0.1) is 11.3 Å². The highest BCUT2D eigenvalue weighted by molar-refractivity contribution is 7.17. The van der Waals surface area contributed by atoms with E-state index in [9.17, 15) is 4.79 Å². The first-order valence-electron chi connectivity index (χ1n) is 10.4. The number of hydrogen-bond donors (Lipinski definition) is 1. The van der Waals surface area contributed by atoms with Gasteiger partial charge in [0.1, 0.15) is 32.8 Å². The van der Waals surface area contributed by atoms with Crippen LogP contribution >= 0.6 is 11.3 Å². The maximum Gasteiger partial charge on any atom is 0.267 e. The van der Waals surface area contributed by atoms with E-state index >= 15 is 0 Å². The lowest BCUT2D eigenvalue weighted by Gasteiger charge is -2.11. The van der Waals surface area contributed by atoms with Crippen LogP contribution in [-0.4, -0.2) is 29.6 Å². The van der Waals surface area contributed by atoms with E-state index in [1.807, 2.05) is 38.1 Å². The first-order valence-corrected chi connectivity index (χ1v) is 11.2. The molecule has 0 aliphatic carbocycles. The summed E-state index contributed by atoms with van der Waals surface area (Å²) in [5.74, 6) is 2.13. The highest BCUT2D eigenvalue weighted by atomic mass is 32.1. The van der Waals surface area contributed by atoms with Crippen LogP contribution in [-0.2, 0) is 0 Å². The number of rotatable bonds is 8. The van der Waals surface area contributed by atoms with Crippen molar-refractivity contribution in [1.29, 1.82) is 0 Å². The Bertz CT molecular complexity index is 1240. The molecule has 0 saturated carbocycles. The van der Waals surface area contributed by atoms with Crippen molar-refractivity contribution in [3.63, 3.8) is 0 Å². The molecule has 0 fully saturated rings. The second kappa shape index (κ2) is 10.1. The minimum atomic E-state index is -0.269. The molecule has 4 aromatic rings. The number of amides is 1. The van der Waals surface area contributed by atoms with Crippen molar-refractivity contribution in [3.05, 3.63) is 77.4 Å². The van der Waals surface area contributed by atoms with Gasteiger partial charge in [-0.1, -0.05) is 0 Å². The summed E-state index contributed by atoms with van der Waals surface area (Å²) in [6.07, 6.45) is 1.61. The summed E-state index contributed by atoms with van der Waals surface area (Å²) in [6, 6.07) is 18.3. The zero-order chi connectivity index (χ0) is 23.2. The van der Waals surface area contributed by atoms with E-state index in [1.165, 1.54) is 11.3 Å². The van der Waals surface area contributed by atoms with E-state index in [0.29, 0.717) is 34.5 Å². The fraction of sp³-hybridized carbons (Fsp3) is 0.160. The molecular formula is C25H23N3O4S. The average Bonchev–Trinajstić information content (AvgIpc) is 3.23. The number of nitrogens with one attached hydrogen (secondary N) is 1. The molecule has 2 heterocycles. The van der Waals surface area contributed by atoms with Gasteiger partial charge in [-0.05, 0) is 74.5 Å². The van der Waals surface area contributed by atoms with E-state index < -0.39 is 0 Å². The molecule has 33 heavy (non-hydrogen) atoms. The molecule has 0 aliphatic heterocycles. The molecule has 0 radical (unpaired) electrons. The van der Waals surface area contributed by atoms with Crippen molar-refractivity contribution in [2.24, 2.45) is 0 Å². The molecule has 7 nitrogen and oxygen atoms in total. The number of anilines is 1. The summed E-state index contributed by atoms with van der Waals surface area (Å²) < 4.78 is 16.5. The van der Waals surface area contributed by atoms with Crippen LogP contribution < -0.4 is 19.5 Å². The van der Waals surface area contributed by atoms with Gasteiger partial charge < -0.3 is 19.5 Å². The number of aromatic nitrogens is 2. The number of ether oxygens (including phenoxy) is 3. The number of thiazole rings is 1. The monoisotopic (exact) mass is 461 g/mol. The molecule has 168 valence electrons. The van der Waals surface area contributed by atoms with Crippen LogP contribution in [0.4, 0.5) is 5.69 Å². The van der Waals surface area contributed by atoms with E-state index in [2.05, 4.69) is 15.3 Å². The molecule has 1 N–H and O–H groups in total. The van der Waals surface area contributed by atoms with E-state index in [1.54, 1.807) is 49.7 Å². The molecule has 0 bridgehead atoms. The van der Waals surface area contributed by atoms with E-state index in [0.717, 1.165) is 22.1 Å². The quantitative estimate of drug-likeness (QED) is 0.348. The van der Waals surface area contributed by atoms with Gasteiger partial charge in [0.15, 0.2) is 0 Å². The van der Waals surface area contributed by atoms with Gasteiger partial charge in [-0.2, -0.15) is 0 Å². The predicted octanol–water partition coefficient (Wildman–Crippen LogP) is 5.97. The molecule has 0 spiro atoms. The SMILES string of the molecule is CCOc1ccc(-c2nc(C)c(C(=O)Nc3cccnc3Oc3ccc(OC)cc3)s2)cc1. The Kier molecular flexibility index (Phi) is 6.85. The Labute approximate surface area is 196 Å². The maximum atomic E-state index is 13.0. The van der Waals surface area contributed by atoms with Crippen LogP contribution in [0.15, 0.2) is 66.9 Å². The molecule has 8 heteroatoms. The van der Waals surface area contributed by atoms with Crippen molar-refractivity contribution in [1.82, 2.24) is 9.97 Å². The first-order chi connectivity index (χ1) is 16.1. The molecular weight excluding hydrogens is 438 g/mol. The van der Waals surface area contributed by atoms with Crippen molar-refractivity contribution in [3.8, 4) is 33.7 Å². The fourth-order valence-corrected chi connectivity index (χ4v) is 4.06. The Morgan fingerprint density at radius 1 is 1.00 bits per heavy atom. The van der Waals surface area contributed by atoms with Gasteiger partial charge in [0, 0.05) is 11.8 Å². The lowest BCUT2D eigenvalue weighted by atomic mass is 10.2. The minimum Gasteiger partial charge on any atom is -0.497 e. The van der Waals surface area contributed by atoms with Crippen molar-refractivity contribution < 1.29 is 19.0 Å². The number of methoxy groups -OCH3 is 1. The fourth-order valence-electron chi connectivity index (χ4n) is 3.09. The molecule has 0 unspecified atom stereocenters. The summed E-state index contributed by atoms with van der Waals surface area (Å²) >= 11 is 1.33. The van der Waals surface area contributed by atoms with Crippen LogP contribution in [0.2, 0.25) is 0 Å². The molecule has 4 rings (SSSR count). The summed E-state index contributed by atoms with van der Waals surface area (Å²) in [6.45, 7) is 4.37. The maximum absolute atomic E-state index is 13.0. The number of carbonyl (C=O) groups is 1. The Morgan fingerprint density at radius 2 is 1.70 bits per heavy atom. The number of aryl methyl sites for hydroxylation is 1. The third kappa shape index (κ3) is 5.30. The molecule has 0 saturated heterocycles. The summed E-state index contributed by atoms with van der Waals surface area (Å²) in [5.41, 5.74) is 2.05. The number of carbonyl (C=O) groups excluding carboxylic acids is 1. The zero-order valence-electron chi connectivity index (χ0n) is 18.5. The van der Waals surface area contributed by atoms with E-state index in [-0.39, 0.29) is 5.91 Å². The zero-order valence-corrected chi connectivity index (χ0v) is 19.3. The van der Waals surface area contributed by atoms with Crippen LogP contribution in [0.1, 0.15) is 22.3 Å². The predicted molar refractivity (Wildman–Crippen MR) is 129 cm³/mol. The standard InChI is InChI=1S/C25H23N3O4S/c1-4-31-19-9-7-17(8-10-19)25-27-16(2)22(33-25)23(29)28-21-6-5-15-26-24(21)32-20-13-11-18(30-3)12-14-20/h5-15H,4H2,1-3H3,(H,28,29). The number of pyridine rings is 1. The minimum absolute atomic E-state index is 0.269. The number of nitrogens with zero attached hydrogens (tertiary/aromatic N) is 2. The molecule has 0 aliphatic rings. The molecule has 1 amide bonds. The van der Waals surface area contributed by atoms with E-state index in [4.69, 9.17) is 14.2 Å². The first kappa shape index (κ1) is 22.3. The topological polar surface area (TPSA) is 82.6 Å². The van der Waals surface area contributed by atoms with Crippen molar-refractivity contribution >= 4 is 22.9 Å². The average molecular weight is 462 g/mol. The highest BCUT2D eigenvalue weighted by Crippen LogP contribution is 2.32. The van der Waals surface area contributed by atoms with Gasteiger partial charge in [-0.25, -0.2) is 9.97 Å². The Hall–Kier alpha value is -3.91. The Balaban J connectivity index is 1.52. The number of hydrogen-bond acceptors (Lipinski definition) is 7. The molecule has 2 aromatic heterocycles. The third-order valence-electron chi connectivity index (χ3n) is 4.71. The van der Waals surface area contributed by atoms with Crippen LogP contribution in [0.25, 0.3) is 10.6 Å². The van der Waals surface area contributed by atoms with Crippen LogP contribution in [0.3, 0.4) is 0 Å². The lowest BCUT2D eigenvalue weighted by Crippen LogP contribution is -2.12. The van der Waals surface area contributed by atoms with Gasteiger partial charge in [0.25, 0.3) is 5.91 Å². The summed E-state index contributed by atoms with van der Waals surface area (Å²) in [5, 5.41) is 3.67. The van der Waals surface area contributed by atoms with Gasteiger partial charge in [-0.3, -0.25) is 4.79 Å². The van der Waals surface area contributed by atoms with Gasteiger partial charge in [0.05, 0.1) is 19.4 Å². The Morgan fingerprint density at radius 3 is 2.39 bits per heavy atom. The summed E-state index contributed by atoms with van der Waals surface area (Å²) in [4.78, 5) is 22.4. The van der Waals surface area contributed by atoms with Gasteiger partial charge in [0.2, 0.25) is 5.88 Å². The third-order valence-corrected chi connectivity index (χ3v) is 5.91. The number of benzene rings is 2. The van der Waals surface area contributed by atoms with Crippen LogP contribution in [0, 0.1) is 6.92 Å². The molecule has 0 atom stereocenters. The largest absolute Gasteiger partial charge is 0.497 e. The van der Waals surface area contributed by atoms with Gasteiger partial charge >= 0.3 is 0 Å². The second-order valence-corrected chi connectivity index (χ2v) is 7.98.